The van der Waals surface area contributed by atoms with Crippen molar-refractivity contribution in [2.45, 2.75) is 37.7 Å². The third-order valence-electron chi connectivity index (χ3n) is 3.59. The topological polar surface area (TPSA) is 119 Å². The molecule has 0 unspecified atom stereocenters. The number of fused-ring (bicyclic) bond motifs is 1. The summed E-state index contributed by atoms with van der Waals surface area (Å²) in [5.74, 6) is 0.320. The van der Waals surface area contributed by atoms with Crippen LogP contribution >= 0.6 is 0 Å². The first-order valence-corrected chi connectivity index (χ1v) is 6.58. The lowest BCUT2D eigenvalue weighted by molar-refractivity contribution is -0.110. The molecule has 3 heterocycles. The monoisotopic (exact) mass is 279 g/mol. The molecular formula is C12H17N5O3. The van der Waals surface area contributed by atoms with E-state index in [1.165, 1.54) is 6.33 Å². The van der Waals surface area contributed by atoms with E-state index in [0.717, 1.165) is 6.42 Å². The summed E-state index contributed by atoms with van der Waals surface area (Å²) in [4.78, 5) is 12.3. The molecule has 0 saturated carbocycles. The predicted octanol–water partition coefficient (Wildman–Crippen LogP) is -0.171. The van der Waals surface area contributed by atoms with Gasteiger partial charge in [0.2, 0.25) is 0 Å². The standard InChI is InChI=1S/C12H17N5O3/c13-11-10-12(15-5-14-11)17(6-16-10)9-3-1-2-7(19)8(4-18)20-9/h5-9,18-19H,1-4H2,(H2,13,14,15)/t7-,8+,9+/m0/s1. The molecule has 0 spiro atoms. The van der Waals surface area contributed by atoms with E-state index in [-0.39, 0.29) is 12.8 Å². The number of hydrogen-bond acceptors (Lipinski definition) is 7. The second-order valence-corrected chi connectivity index (χ2v) is 4.89. The maximum absolute atomic E-state index is 9.87. The summed E-state index contributed by atoms with van der Waals surface area (Å²) < 4.78 is 7.56. The summed E-state index contributed by atoms with van der Waals surface area (Å²) in [6.07, 6.45) is 3.51. The Labute approximate surface area is 115 Å². The van der Waals surface area contributed by atoms with Crippen LogP contribution in [0.4, 0.5) is 5.82 Å². The molecule has 0 aliphatic carbocycles. The summed E-state index contributed by atoms with van der Waals surface area (Å²) in [5.41, 5.74) is 6.88. The lowest BCUT2D eigenvalue weighted by Crippen LogP contribution is -2.32. The van der Waals surface area contributed by atoms with Gasteiger partial charge in [0.05, 0.1) is 19.0 Å². The van der Waals surface area contributed by atoms with Crippen molar-refractivity contribution in [3.8, 4) is 0 Å². The maximum Gasteiger partial charge on any atom is 0.167 e. The normalized spacial score (nSPS) is 27.6. The lowest BCUT2D eigenvalue weighted by Gasteiger charge is -2.23. The van der Waals surface area contributed by atoms with Gasteiger partial charge in [-0.25, -0.2) is 15.0 Å². The number of imidazole rings is 1. The van der Waals surface area contributed by atoms with Crippen molar-refractivity contribution in [1.82, 2.24) is 19.5 Å². The molecule has 8 heteroatoms. The van der Waals surface area contributed by atoms with Gasteiger partial charge in [-0.3, -0.25) is 4.57 Å². The van der Waals surface area contributed by atoms with Crippen molar-refractivity contribution >= 4 is 17.0 Å². The number of nitrogen functional groups attached to an aromatic ring is 1. The zero-order valence-corrected chi connectivity index (χ0v) is 10.9. The fourth-order valence-corrected chi connectivity index (χ4v) is 2.50. The average Bonchev–Trinajstić information content (AvgIpc) is 2.79. The van der Waals surface area contributed by atoms with Gasteiger partial charge in [-0.05, 0) is 19.3 Å². The number of rotatable bonds is 2. The van der Waals surface area contributed by atoms with Crippen LogP contribution in [0.2, 0.25) is 0 Å². The van der Waals surface area contributed by atoms with Crippen molar-refractivity contribution in [2.24, 2.45) is 0 Å². The SMILES string of the molecule is Nc1ncnc2c1ncn2[C@H]1CCC[C@H](O)[C@@H](CO)O1. The first-order chi connectivity index (χ1) is 9.70. The Morgan fingerprint density at radius 2 is 2.20 bits per heavy atom. The highest BCUT2D eigenvalue weighted by atomic mass is 16.5. The van der Waals surface area contributed by atoms with Crippen LogP contribution in [0, 0.1) is 0 Å². The van der Waals surface area contributed by atoms with Crippen LogP contribution in [-0.4, -0.2) is 48.5 Å². The van der Waals surface area contributed by atoms with Crippen LogP contribution in [0.3, 0.4) is 0 Å². The fourth-order valence-electron chi connectivity index (χ4n) is 2.50. The minimum atomic E-state index is -0.653. The Morgan fingerprint density at radius 3 is 3.00 bits per heavy atom. The second kappa shape index (κ2) is 5.31. The van der Waals surface area contributed by atoms with Crippen molar-refractivity contribution < 1.29 is 14.9 Å². The number of nitrogens with zero attached hydrogens (tertiary/aromatic N) is 4. The van der Waals surface area contributed by atoms with Crippen LogP contribution in [0.25, 0.3) is 11.2 Å². The third-order valence-corrected chi connectivity index (χ3v) is 3.59. The molecule has 1 saturated heterocycles. The summed E-state index contributed by atoms with van der Waals surface area (Å²) >= 11 is 0. The zero-order valence-electron chi connectivity index (χ0n) is 10.9. The second-order valence-electron chi connectivity index (χ2n) is 4.89. The highest BCUT2D eigenvalue weighted by molar-refractivity contribution is 5.81. The smallest absolute Gasteiger partial charge is 0.167 e. The molecular weight excluding hydrogens is 262 g/mol. The molecule has 1 aliphatic heterocycles. The number of anilines is 1. The van der Waals surface area contributed by atoms with E-state index in [2.05, 4.69) is 15.0 Å². The number of hydrogen-bond donors (Lipinski definition) is 3. The Kier molecular flexibility index (Phi) is 3.51. The largest absolute Gasteiger partial charge is 0.394 e. The lowest BCUT2D eigenvalue weighted by atomic mass is 10.1. The average molecular weight is 279 g/mol. The molecule has 0 amide bonds. The summed E-state index contributed by atoms with van der Waals surface area (Å²) in [6, 6.07) is 0. The summed E-state index contributed by atoms with van der Waals surface area (Å²) in [7, 11) is 0. The van der Waals surface area contributed by atoms with Gasteiger partial charge in [-0.2, -0.15) is 0 Å². The van der Waals surface area contributed by atoms with Gasteiger partial charge in [0.15, 0.2) is 11.5 Å². The minimum Gasteiger partial charge on any atom is -0.394 e. The molecule has 2 aromatic heterocycles. The quantitative estimate of drug-likeness (QED) is 0.698. The first-order valence-electron chi connectivity index (χ1n) is 6.58. The fraction of sp³-hybridized carbons (Fsp3) is 0.583. The molecule has 0 bridgehead atoms. The highest BCUT2D eigenvalue weighted by Gasteiger charge is 2.29. The Balaban J connectivity index is 1.96. The number of aliphatic hydroxyl groups is 2. The van der Waals surface area contributed by atoms with E-state index in [1.54, 1.807) is 10.9 Å². The van der Waals surface area contributed by atoms with E-state index in [0.29, 0.717) is 29.8 Å². The highest BCUT2D eigenvalue weighted by Crippen LogP contribution is 2.28. The molecule has 0 aromatic carbocycles. The number of nitrogens with two attached hydrogens (primary N) is 1. The van der Waals surface area contributed by atoms with E-state index < -0.39 is 12.2 Å². The van der Waals surface area contributed by atoms with Crippen molar-refractivity contribution in [3.05, 3.63) is 12.7 Å². The number of aliphatic hydroxyl groups excluding tert-OH is 2. The van der Waals surface area contributed by atoms with Gasteiger partial charge >= 0.3 is 0 Å². The van der Waals surface area contributed by atoms with Crippen molar-refractivity contribution in [1.29, 1.82) is 0 Å². The van der Waals surface area contributed by atoms with Gasteiger partial charge in [-0.1, -0.05) is 0 Å². The molecule has 2 aromatic rings. The first kappa shape index (κ1) is 13.2. The third kappa shape index (κ3) is 2.21. The molecule has 3 rings (SSSR count). The van der Waals surface area contributed by atoms with Crippen LogP contribution in [0.5, 0.6) is 0 Å². The summed E-state index contributed by atoms with van der Waals surface area (Å²) in [6.45, 7) is -0.221. The minimum absolute atomic E-state index is 0.221. The molecule has 108 valence electrons. The van der Waals surface area contributed by atoms with Crippen molar-refractivity contribution in [3.63, 3.8) is 0 Å². The van der Waals surface area contributed by atoms with Gasteiger partial charge in [-0.15, -0.1) is 0 Å². The molecule has 0 radical (unpaired) electrons. The molecule has 1 fully saturated rings. The van der Waals surface area contributed by atoms with E-state index in [9.17, 15) is 10.2 Å². The molecule has 8 nitrogen and oxygen atoms in total. The Bertz CT molecular complexity index is 602. The molecule has 4 N–H and O–H groups in total. The van der Waals surface area contributed by atoms with Gasteiger partial charge in [0, 0.05) is 0 Å². The van der Waals surface area contributed by atoms with Gasteiger partial charge < -0.3 is 20.7 Å². The number of aromatic nitrogens is 4. The van der Waals surface area contributed by atoms with Crippen LogP contribution < -0.4 is 5.73 Å². The summed E-state index contributed by atoms with van der Waals surface area (Å²) in [5, 5.41) is 19.2. The van der Waals surface area contributed by atoms with Crippen LogP contribution in [0.1, 0.15) is 25.5 Å². The van der Waals surface area contributed by atoms with E-state index in [4.69, 9.17) is 10.5 Å². The van der Waals surface area contributed by atoms with Crippen LogP contribution in [0.15, 0.2) is 12.7 Å². The Morgan fingerprint density at radius 1 is 1.35 bits per heavy atom. The molecule has 3 atom stereocenters. The number of ether oxygens (including phenoxy) is 1. The molecule has 1 aliphatic rings. The van der Waals surface area contributed by atoms with Gasteiger partial charge in [0.25, 0.3) is 0 Å². The molecule has 20 heavy (non-hydrogen) atoms. The van der Waals surface area contributed by atoms with Crippen molar-refractivity contribution in [2.75, 3.05) is 12.3 Å². The van der Waals surface area contributed by atoms with E-state index in [1.807, 2.05) is 0 Å². The Hall–Kier alpha value is -1.77. The maximum atomic E-state index is 9.87. The van der Waals surface area contributed by atoms with Gasteiger partial charge in [0.1, 0.15) is 24.2 Å². The van der Waals surface area contributed by atoms with E-state index >= 15 is 0 Å². The zero-order chi connectivity index (χ0) is 14.1. The van der Waals surface area contributed by atoms with Crippen LogP contribution in [-0.2, 0) is 4.74 Å². The predicted molar refractivity (Wildman–Crippen MR) is 70.6 cm³/mol.